The quantitative estimate of drug-likeness (QED) is 0.530. The van der Waals surface area contributed by atoms with Crippen molar-refractivity contribution < 1.29 is 22.7 Å². The average molecular weight is 465 g/mol. The lowest BCUT2D eigenvalue weighted by molar-refractivity contribution is -0.117. The number of thioether (sulfide) groups is 1. The Morgan fingerprint density at radius 2 is 1.94 bits per heavy atom. The van der Waals surface area contributed by atoms with Gasteiger partial charge in [-0.15, -0.1) is 0 Å². The van der Waals surface area contributed by atoms with Crippen LogP contribution in [0.5, 0.6) is 5.75 Å². The number of amides is 1. The zero-order chi connectivity index (χ0) is 22.1. The molecule has 2 aromatic carbocycles. The minimum absolute atomic E-state index is 0.129. The zero-order valence-electron chi connectivity index (χ0n) is 17.5. The molecule has 0 radical (unpaired) electrons. The Hall–Kier alpha value is -2.07. The summed E-state index contributed by atoms with van der Waals surface area (Å²) < 4.78 is 39.1. The molecule has 0 spiro atoms. The van der Waals surface area contributed by atoms with Crippen molar-refractivity contribution in [2.45, 2.75) is 36.3 Å². The van der Waals surface area contributed by atoms with Gasteiger partial charge >= 0.3 is 0 Å². The normalized spacial score (nSPS) is 17.3. The Bertz CT molecular complexity index is 930. The van der Waals surface area contributed by atoms with Gasteiger partial charge in [-0.25, -0.2) is 8.42 Å². The fraction of sp³-hybridized carbons (Fsp3) is 0.409. The largest absolute Gasteiger partial charge is 0.491 e. The molecule has 2 N–H and O–H groups in total. The molecule has 0 aromatic heterocycles. The van der Waals surface area contributed by atoms with Crippen LogP contribution in [0, 0.1) is 0 Å². The van der Waals surface area contributed by atoms with Gasteiger partial charge in [-0.3, -0.25) is 4.79 Å². The smallest absolute Gasteiger partial charge is 0.242 e. The second-order valence-electron chi connectivity index (χ2n) is 7.23. The van der Waals surface area contributed by atoms with E-state index in [0.29, 0.717) is 30.2 Å². The minimum Gasteiger partial charge on any atom is -0.491 e. The van der Waals surface area contributed by atoms with Gasteiger partial charge < -0.3 is 14.8 Å². The molecule has 168 valence electrons. The lowest BCUT2D eigenvalue weighted by atomic mass is 10.2. The minimum atomic E-state index is -3.80. The standard InChI is InChI=1S/C22H28N2O5S2/c1-30-15-13-21(24-31(26,27)20-7-3-2-4-8-20)22(25)23-17-9-11-18(12-10-17)29-16-19-6-5-14-28-19/h2-4,7-12,19,21,24H,5-6,13-16H2,1H3,(H,23,25). The number of anilines is 1. The Morgan fingerprint density at radius 1 is 1.19 bits per heavy atom. The van der Waals surface area contributed by atoms with E-state index in [-0.39, 0.29) is 11.0 Å². The fourth-order valence-corrected chi connectivity index (χ4v) is 4.89. The fourth-order valence-electron chi connectivity index (χ4n) is 3.16. The molecule has 1 heterocycles. The molecule has 9 heteroatoms. The van der Waals surface area contributed by atoms with Crippen LogP contribution in [0.25, 0.3) is 0 Å². The van der Waals surface area contributed by atoms with Crippen molar-refractivity contribution in [3.05, 3.63) is 54.6 Å². The van der Waals surface area contributed by atoms with E-state index in [4.69, 9.17) is 9.47 Å². The van der Waals surface area contributed by atoms with E-state index in [1.807, 2.05) is 6.26 Å². The summed E-state index contributed by atoms with van der Waals surface area (Å²) in [4.78, 5) is 12.9. The van der Waals surface area contributed by atoms with Crippen LogP contribution in [-0.4, -0.2) is 51.7 Å². The molecule has 1 amide bonds. The number of sulfonamides is 1. The van der Waals surface area contributed by atoms with Crippen LogP contribution < -0.4 is 14.8 Å². The van der Waals surface area contributed by atoms with Gasteiger partial charge in [-0.1, -0.05) is 18.2 Å². The van der Waals surface area contributed by atoms with Gasteiger partial charge in [0.1, 0.15) is 18.4 Å². The number of hydrogen-bond donors (Lipinski definition) is 2. The molecular formula is C22H28N2O5S2. The molecule has 1 saturated heterocycles. The van der Waals surface area contributed by atoms with Crippen molar-refractivity contribution >= 4 is 33.4 Å². The molecular weight excluding hydrogens is 436 g/mol. The third-order valence-electron chi connectivity index (χ3n) is 4.86. The van der Waals surface area contributed by atoms with E-state index >= 15 is 0 Å². The van der Waals surface area contributed by atoms with Crippen LogP contribution >= 0.6 is 11.8 Å². The molecule has 1 fully saturated rings. The number of rotatable bonds is 11. The summed E-state index contributed by atoms with van der Waals surface area (Å²) in [5.74, 6) is 0.935. The highest BCUT2D eigenvalue weighted by molar-refractivity contribution is 7.98. The van der Waals surface area contributed by atoms with Crippen LogP contribution in [0.15, 0.2) is 59.5 Å². The molecule has 3 rings (SSSR count). The topological polar surface area (TPSA) is 93.7 Å². The Labute approximate surface area is 188 Å². The third-order valence-corrected chi connectivity index (χ3v) is 6.99. The first kappa shape index (κ1) is 23.6. The van der Waals surface area contributed by atoms with Gasteiger partial charge in [-0.05, 0) is 67.7 Å². The van der Waals surface area contributed by atoms with Crippen molar-refractivity contribution in [1.82, 2.24) is 4.72 Å². The summed E-state index contributed by atoms with van der Waals surface area (Å²) in [6.07, 6.45) is 4.49. The number of nitrogens with one attached hydrogen (secondary N) is 2. The van der Waals surface area contributed by atoms with E-state index in [1.165, 1.54) is 12.1 Å². The Morgan fingerprint density at radius 3 is 2.58 bits per heavy atom. The molecule has 0 saturated carbocycles. The summed E-state index contributed by atoms with van der Waals surface area (Å²) in [5, 5.41) is 2.79. The van der Waals surface area contributed by atoms with Crippen LogP contribution in [0.2, 0.25) is 0 Å². The van der Waals surface area contributed by atoms with E-state index in [9.17, 15) is 13.2 Å². The third kappa shape index (κ3) is 7.24. The maximum Gasteiger partial charge on any atom is 0.242 e. The second-order valence-corrected chi connectivity index (χ2v) is 9.93. The van der Waals surface area contributed by atoms with E-state index in [2.05, 4.69) is 10.0 Å². The van der Waals surface area contributed by atoms with Gasteiger partial charge in [0.25, 0.3) is 0 Å². The second kappa shape index (κ2) is 11.5. The molecule has 7 nitrogen and oxygen atoms in total. The van der Waals surface area contributed by atoms with Crippen molar-refractivity contribution in [1.29, 1.82) is 0 Å². The summed E-state index contributed by atoms with van der Waals surface area (Å²) in [5.41, 5.74) is 0.572. The molecule has 0 aliphatic carbocycles. The highest BCUT2D eigenvalue weighted by Crippen LogP contribution is 2.19. The lowest BCUT2D eigenvalue weighted by Gasteiger charge is -2.18. The molecule has 1 aliphatic rings. The molecule has 0 bridgehead atoms. The van der Waals surface area contributed by atoms with E-state index in [1.54, 1.807) is 54.2 Å². The zero-order valence-corrected chi connectivity index (χ0v) is 19.1. The highest BCUT2D eigenvalue weighted by Gasteiger charge is 2.25. The number of benzene rings is 2. The Balaban J connectivity index is 1.60. The van der Waals surface area contributed by atoms with Gasteiger partial charge in [0.2, 0.25) is 15.9 Å². The van der Waals surface area contributed by atoms with Gasteiger partial charge in [0, 0.05) is 12.3 Å². The van der Waals surface area contributed by atoms with Crippen molar-refractivity contribution in [2.75, 3.05) is 30.5 Å². The SMILES string of the molecule is CSCCC(NS(=O)(=O)c1ccccc1)C(=O)Nc1ccc(OCC2CCCO2)cc1. The summed E-state index contributed by atoms with van der Waals surface area (Å²) >= 11 is 1.55. The molecule has 2 unspecified atom stereocenters. The van der Waals surface area contributed by atoms with Crippen LogP contribution in [0.1, 0.15) is 19.3 Å². The van der Waals surface area contributed by atoms with Crippen LogP contribution in [0.4, 0.5) is 5.69 Å². The summed E-state index contributed by atoms with van der Waals surface area (Å²) in [6, 6.07) is 14.2. The number of carbonyl (C=O) groups excluding carboxylic acids is 1. The number of carbonyl (C=O) groups is 1. The summed E-state index contributed by atoms with van der Waals surface area (Å²) in [7, 11) is -3.80. The first-order valence-corrected chi connectivity index (χ1v) is 13.1. The number of ether oxygens (including phenoxy) is 2. The Kier molecular flexibility index (Phi) is 8.77. The van der Waals surface area contributed by atoms with Gasteiger partial charge in [-0.2, -0.15) is 16.5 Å². The van der Waals surface area contributed by atoms with Gasteiger partial charge in [0.05, 0.1) is 11.0 Å². The predicted molar refractivity (Wildman–Crippen MR) is 123 cm³/mol. The van der Waals surface area contributed by atoms with Crippen molar-refractivity contribution in [3.63, 3.8) is 0 Å². The predicted octanol–water partition coefficient (Wildman–Crippen LogP) is 3.28. The van der Waals surface area contributed by atoms with Crippen molar-refractivity contribution in [3.8, 4) is 5.75 Å². The lowest BCUT2D eigenvalue weighted by Crippen LogP contribution is -2.44. The van der Waals surface area contributed by atoms with Crippen LogP contribution in [-0.2, 0) is 19.6 Å². The molecule has 2 aromatic rings. The summed E-state index contributed by atoms with van der Waals surface area (Å²) in [6.45, 7) is 1.29. The monoisotopic (exact) mass is 464 g/mol. The highest BCUT2D eigenvalue weighted by atomic mass is 32.2. The maximum absolute atomic E-state index is 12.8. The molecule has 31 heavy (non-hydrogen) atoms. The van der Waals surface area contributed by atoms with Crippen LogP contribution in [0.3, 0.4) is 0 Å². The maximum atomic E-state index is 12.8. The molecule has 1 aliphatic heterocycles. The van der Waals surface area contributed by atoms with E-state index in [0.717, 1.165) is 19.4 Å². The average Bonchev–Trinajstić information content (AvgIpc) is 3.30. The van der Waals surface area contributed by atoms with Crippen molar-refractivity contribution in [2.24, 2.45) is 0 Å². The van der Waals surface area contributed by atoms with E-state index < -0.39 is 22.0 Å². The molecule has 2 atom stereocenters. The van der Waals surface area contributed by atoms with Gasteiger partial charge in [0.15, 0.2) is 0 Å². The first-order valence-electron chi connectivity index (χ1n) is 10.2. The first-order chi connectivity index (χ1) is 15.0. The number of hydrogen-bond acceptors (Lipinski definition) is 6.